The maximum absolute atomic E-state index is 14.3. The van der Waals surface area contributed by atoms with Crippen LogP contribution in [0.3, 0.4) is 0 Å². The lowest BCUT2D eigenvalue weighted by molar-refractivity contribution is -0.143. The standard InChI is InChI=1S/C29H42N4O5S/c1-3-11-30-25(35)22-23-27(37)33(21(19-34)18-20-7-5-4-6-8-20)24(29(23)10-9-28(22,2)39-29)26(36)31-12-13-32-14-16-38-17-15-32/h4-8,21-24,34H,3,9-19H2,1-2H3,(H,30,35)(H,31,36)/t21-,22+,23+,24?,28-,29?/m1/s1. The van der Waals surface area contributed by atoms with Crippen molar-refractivity contribution in [3.8, 4) is 0 Å². The van der Waals surface area contributed by atoms with Crippen LogP contribution in [-0.4, -0.2) is 107 Å². The van der Waals surface area contributed by atoms with E-state index in [1.54, 1.807) is 16.7 Å². The maximum atomic E-state index is 14.3. The molecule has 1 aromatic carbocycles. The van der Waals surface area contributed by atoms with E-state index in [4.69, 9.17) is 4.74 Å². The zero-order valence-electron chi connectivity index (χ0n) is 23.1. The van der Waals surface area contributed by atoms with E-state index < -0.39 is 33.4 Å². The molecule has 3 N–H and O–H groups in total. The van der Waals surface area contributed by atoms with Crippen molar-refractivity contribution < 1.29 is 24.2 Å². The molecule has 4 saturated heterocycles. The first kappa shape index (κ1) is 28.4. The molecule has 2 bridgehead atoms. The second-order valence-corrected chi connectivity index (χ2v) is 13.4. The smallest absolute Gasteiger partial charge is 0.244 e. The van der Waals surface area contributed by atoms with Crippen LogP contribution in [0.4, 0.5) is 0 Å². The van der Waals surface area contributed by atoms with Crippen LogP contribution in [0.1, 0.15) is 38.7 Å². The van der Waals surface area contributed by atoms with E-state index in [0.29, 0.717) is 45.7 Å². The van der Waals surface area contributed by atoms with Gasteiger partial charge in [-0.15, -0.1) is 11.8 Å². The second kappa shape index (κ2) is 11.8. The summed E-state index contributed by atoms with van der Waals surface area (Å²) in [7, 11) is 0. The highest BCUT2D eigenvalue weighted by atomic mass is 32.2. The first-order valence-corrected chi connectivity index (χ1v) is 15.2. The van der Waals surface area contributed by atoms with Crippen LogP contribution in [0.25, 0.3) is 0 Å². The molecule has 3 amide bonds. The van der Waals surface area contributed by atoms with Crippen LogP contribution in [0.15, 0.2) is 30.3 Å². The van der Waals surface area contributed by atoms with Gasteiger partial charge in [0.05, 0.1) is 42.4 Å². The van der Waals surface area contributed by atoms with Gasteiger partial charge in [-0.1, -0.05) is 37.3 Å². The number of rotatable bonds is 11. The van der Waals surface area contributed by atoms with E-state index in [2.05, 4.69) is 22.5 Å². The largest absolute Gasteiger partial charge is 0.394 e. The molecule has 0 aliphatic carbocycles. The molecule has 39 heavy (non-hydrogen) atoms. The third kappa shape index (κ3) is 5.21. The minimum absolute atomic E-state index is 0.0938. The first-order valence-electron chi connectivity index (χ1n) is 14.4. The highest BCUT2D eigenvalue weighted by Gasteiger charge is 2.77. The topological polar surface area (TPSA) is 111 Å². The lowest BCUT2D eigenvalue weighted by atomic mass is 9.66. The van der Waals surface area contributed by atoms with Gasteiger partial charge in [0, 0.05) is 37.5 Å². The summed E-state index contributed by atoms with van der Waals surface area (Å²) < 4.78 is 4.35. The average molecular weight is 559 g/mol. The number of nitrogens with one attached hydrogen (secondary N) is 2. The van der Waals surface area contributed by atoms with E-state index >= 15 is 0 Å². The van der Waals surface area contributed by atoms with Crippen LogP contribution < -0.4 is 10.6 Å². The Labute approximate surface area is 235 Å². The van der Waals surface area contributed by atoms with E-state index in [0.717, 1.165) is 31.5 Å². The van der Waals surface area contributed by atoms with E-state index in [9.17, 15) is 19.5 Å². The highest BCUT2D eigenvalue weighted by molar-refractivity contribution is 8.02. The van der Waals surface area contributed by atoms with Crippen molar-refractivity contribution in [2.45, 2.75) is 61.1 Å². The van der Waals surface area contributed by atoms with Crippen molar-refractivity contribution in [2.75, 3.05) is 52.5 Å². The Hall–Kier alpha value is -2.14. The van der Waals surface area contributed by atoms with Crippen LogP contribution in [0.2, 0.25) is 0 Å². The zero-order chi connectivity index (χ0) is 27.6. The van der Waals surface area contributed by atoms with Crippen molar-refractivity contribution in [2.24, 2.45) is 11.8 Å². The minimum Gasteiger partial charge on any atom is -0.394 e. The number of ether oxygens (including phenoxy) is 1. The van der Waals surface area contributed by atoms with Crippen LogP contribution in [0.5, 0.6) is 0 Å². The molecule has 4 aliphatic heterocycles. The monoisotopic (exact) mass is 558 g/mol. The number of benzene rings is 1. The number of hydrogen-bond acceptors (Lipinski definition) is 7. The minimum atomic E-state index is -0.739. The molecule has 2 unspecified atom stereocenters. The fourth-order valence-corrected chi connectivity index (χ4v) is 9.55. The number of carbonyl (C=O) groups excluding carboxylic acids is 3. The van der Waals surface area contributed by atoms with Crippen molar-refractivity contribution in [1.82, 2.24) is 20.4 Å². The number of nitrogens with zero attached hydrogens (tertiary/aromatic N) is 2. The fraction of sp³-hybridized carbons (Fsp3) is 0.690. The Morgan fingerprint density at radius 1 is 1.13 bits per heavy atom. The summed E-state index contributed by atoms with van der Waals surface area (Å²) in [6.07, 6.45) is 2.73. The van der Waals surface area contributed by atoms with E-state index in [1.807, 2.05) is 37.3 Å². The Morgan fingerprint density at radius 2 is 1.85 bits per heavy atom. The predicted octanol–water partition coefficient (Wildman–Crippen LogP) is 1.05. The number of aliphatic hydroxyl groups excluding tert-OH is 1. The summed E-state index contributed by atoms with van der Waals surface area (Å²) in [5.41, 5.74) is 0.992. The van der Waals surface area contributed by atoms with Crippen molar-refractivity contribution in [1.29, 1.82) is 0 Å². The number of thioether (sulfide) groups is 1. The van der Waals surface area contributed by atoms with Gasteiger partial charge in [0.1, 0.15) is 6.04 Å². The molecule has 1 aromatic rings. The highest BCUT2D eigenvalue weighted by Crippen LogP contribution is 2.71. The van der Waals surface area contributed by atoms with Crippen LogP contribution in [-0.2, 0) is 25.5 Å². The van der Waals surface area contributed by atoms with Crippen molar-refractivity contribution >= 4 is 29.5 Å². The van der Waals surface area contributed by atoms with Gasteiger partial charge in [-0.25, -0.2) is 0 Å². The number of amides is 3. The summed E-state index contributed by atoms with van der Waals surface area (Å²) in [5.74, 6) is -1.54. The summed E-state index contributed by atoms with van der Waals surface area (Å²) in [5, 5.41) is 16.7. The van der Waals surface area contributed by atoms with Crippen LogP contribution in [0, 0.1) is 11.8 Å². The van der Waals surface area contributed by atoms with Gasteiger partial charge in [-0.2, -0.15) is 0 Å². The molecule has 1 spiro atoms. The van der Waals surface area contributed by atoms with E-state index in [1.165, 1.54) is 0 Å². The Balaban J connectivity index is 1.44. The normalized spacial score (nSPS) is 32.7. The lowest BCUT2D eigenvalue weighted by Gasteiger charge is -2.37. The molecule has 0 radical (unpaired) electrons. The summed E-state index contributed by atoms with van der Waals surface area (Å²) in [6, 6.07) is 8.46. The number of carbonyl (C=O) groups is 3. The van der Waals surface area contributed by atoms with Gasteiger partial charge in [-0.3, -0.25) is 19.3 Å². The predicted molar refractivity (Wildman–Crippen MR) is 150 cm³/mol. The molecule has 4 fully saturated rings. The number of likely N-dealkylation sites (tertiary alicyclic amines) is 1. The first-order chi connectivity index (χ1) is 18.8. The molecule has 10 heteroatoms. The molecule has 0 aromatic heterocycles. The van der Waals surface area contributed by atoms with Gasteiger partial charge in [0.2, 0.25) is 17.7 Å². The molecule has 214 valence electrons. The zero-order valence-corrected chi connectivity index (χ0v) is 23.9. The molecule has 6 atom stereocenters. The molecular formula is C29H42N4O5S. The third-order valence-electron chi connectivity index (χ3n) is 9.04. The number of morpholine rings is 1. The van der Waals surface area contributed by atoms with Gasteiger partial charge in [0.25, 0.3) is 0 Å². The summed E-state index contributed by atoms with van der Waals surface area (Å²) in [6.45, 7) is 8.64. The number of hydrogen-bond donors (Lipinski definition) is 3. The molecular weight excluding hydrogens is 516 g/mol. The molecule has 5 rings (SSSR count). The SMILES string of the molecule is CCCNC(=O)[C@@H]1[C@H]2C(=O)N([C@@H](CO)Cc3ccccc3)C(C(=O)NCCN3CCOCC3)C23CC[C@@]1(C)S3. The Morgan fingerprint density at radius 3 is 2.54 bits per heavy atom. The number of aliphatic hydroxyl groups is 1. The molecule has 0 saturated carbocycles. The Bertz CT molecular complexity index is 1050. The quantitative estimate of drug-likeness (QED) is 0.372. The van der Waals surface area contributed by atoms with E-state index in [-0.39, 0.29) is 24.3 Å². The van der Waals surface area contributed by atoms with Crippen LogP contribution >= 0.6 is 11.8 Å². The third-order valence-corrected chi connectivity index (χ3v) is 11.0. The van der Waals surface area contributed by atoms with Gasteiger partial charge in [0.15, 0.2) is 0 Å². The molecule has 4 aliphatic rings. The van der Waals surface area contributed by atoms with Gasteiger partial charge in [-0.05, 0) is 38.2 Å². The maximum Gasteiger partial charge on any atom is 0.244 e. The van der Waals surface area contributed by atoms with Gasteiger partial charge >= 0.3 is 0 Å². The molecule has 9 nitrogen and oxygen atoms in total. The second-order valence-electron chi connectivity index (χ2n) is 11.5. The lowest BCUT2D eigenvalue weighted by Crippen LogP contribution is -2.57. The summed E-state index contributed by atoms with van der Waals surface area (Å²) >= 11 is 1.67. The van der Waals surface area contributed by atoms with Gasteiger partial charge < -0.3 is 25.4 Å². The Kier molecular flexibility index (Phi) is 8.56. The van der Waals surface area contributed by atoms with Crippen molar-refractivity contribution in [3.05, 3.63) is 35.9 Å². The summed E-state index contributed by atoms with van der Waals surface area (Å²) in [4.78, 5) is 45.8. The fourth-order valence-electron chi connectivity index (χ4n) is 7.21. The van der Waals surface area contributed by atoms with Crippen molar-refractivity contribution in [3.63, 3.8) is 0 Å². The number of fused-ring (bicyclic) bond motifs is 1. The molecule has 4 heterocycles. The average Bonchev–Trinajstić information content (AvgIpc) is 3.52.